The van der Waals surface area contributed by atoms with Crippen LogP contribution < -0.4 is 5.32 Å². The normalized spacial score (nSPS) is 16.8. The van der Waals surface area contributed by atoms with Gasteiger partial charge in [-0.05, 0) is 45.1 Å². The molecule has 0 fully saturated rings. The Labute approximate surface area is 149 Å². The van der Waals surface area contributed by atoms with Crippen LogP contribution in [0.1, 0.15) is 40.3 Å². The van der Waals surface area contributed by atoms with Gasteiger partial charge in [-0.15, -0.1) is 22.7 Å². The molecule has 0 atom stereocenters. The van der Waals surface area contributed by atoms with Crippen LogP contribution in [0, 0.1) is 13.8 Å². The Hall–Kier alpha value is -1.50. The summed E-state index contributed by atoms with van der Waals surface area (Å²) in [5.41, 5.74) is 4.40. The number of carbonyl (C=O) groups excluding carboxylic acids is 1. The lowest BCUT2D eigenvalue weighted by atomic mass is 10.1. The van der Waals surface area contributed by atoms with Crippen LogP contribution in [0.5, 0.6) is 0 Å². The van der Waals surface area contributed by atoms with Gasteiger partial charge in [0.1, 0.15) is 10.0 Å². The number of hydrogen-bond donors (Lipinski definition) is 1. The Morgan fingerprint density at radius 2 is 2.17 bits per heavy atom. The second-order valence-electron chi connectivity index (χ2n) is 6.25. The Morgan fingerprint density at radius 1 is 1.29 bits per heavy atom. The summed E-state index contributed by atoms with van der Waals surface area (Å²) in [7, 11) is 0. The maximum Gasteiger partial charge on any atom is 0.251 e. The molecule has 0 unspecified atom stereocenters. The number of nitrogens with zero attached hydrogens (tertiary/aromatic N) is 1. The first kappa shape index (κ1) is 16.0. The summed E-state index contributed by atoms with van der Waals surface area (Å²) >= 11 is 3.35. The third-order valence-electron chi connectivity index (χ3n) is 4.62. The highest BCUT2D eigenvalue weighted by Crippen LogP contribution is 2.45. The van der Waals surface area contributed by atoms with Gasteiger partial charge in [-0.3, -0.25) is 4.79 Å². The molecule has 1 N–H and O–H groups in total. The number of aryl methyl sites for hydroxylation is 2. The van der Waals surface area contributed by atoms with Crippen LogP contribution in [0.2, 0.25) is 0 Å². The summed E-state index contributed by atoms with van der Waals surface area (Å²) in [5, 5.41) is 5.10. The number of aromatic nitrogens is 1. The SMILES string of the molecule is Cc1nc(-c2c(NC(=O)C3=CCCC3)sc3c2CCOC3)sc1C. The highest BCUT2D eigenvalue weighted by molar-refractivity contribution is 7.19. The molecule has 4 rings (SSSR count). The quantitative estimate of drug-likeness (QED) is 0.869. The first-order chi connectivity index (χ1) is 11.6. The molecule has 3 heterocycles. The monoisotopic (exact) mass is 360 g/mol. The first-order valence-electron chi connectivity index (χ1n) is 8.30. The van der Waals surface area contributed by atoms with Crippen LogP contribution in [0.3, 0.4) is 0 Å². The summed E-state index contributed by atoms with van der Waals surface area (Å²) in [6.07, 6.45) is 5.91. The van der Waals surface area contributed by atoms with E-state index in [0.717, 1.165) is 59.1 Å². The molecule has 0 bridgehead atoms. The van der Waals surface area contributed by atoms with Crippen molar-refractivity contribution in [2.24, 2.45) is 0 Å². The van der Waals surface area contributed by atoms with Crippen molar-refractivity contribution in [2.45, 2.75) is 46.1 Å². The minimum Gasteiger partial charge on any atom is -0.376 e. The number of hydrogen-bond acceptors (Lipinski definition) is 5. The number of amides is 1. The zero-order valence-electron chi connectivity index (χ0n) is 13.9. The Kier molecular flexibility index (Phi) is 4.28. The van der Waals surface area contributed by atoms with E-state index >= 15 is 0 Å². The molecule has 4 nitrogen and oxygen atoms in total. The van der Waals surface area contributed by atoms with Gasteiger partial charge in [0.25, 0.3) is 5.91 Å². The molecular formula is C18H20N2O2S2. The molecule has 0 saturated carbocycles. The fourth-order valence-corrected chi connectivity index (χ4v) is 5.43. The fourth-order valence-electron chi connectivity index (χ4n) is 3.19. The van der Waals surface area contributed by atoms with Crippen LogP contribution in [-0.4, -0.2) is 17.5 Å². The first-order valence-corrected chi connectivity index (χ1v) is 9.94. The molecule has 2 aromatic rings. The van der Waals surface area contributed by atoms with E-state index in [1.807, 2.05) is 6.92 Å². The van der Waals surface area contributed by atoms with Gasteiger partial charge < -0.3 is 10.1 Å². The summed E-state index contributed by atoms with van der Waals surface area (Å²) in [6.45, 7) is 5.51. The number of carbonyl (C=O) groups is 1. The molecule has 1 aliphatic heterocycles. The highest BCUT2D eigenvalue weighted by atomic mass is 32.1. The number of thiophene rings is 1. The average molecular weight is 361 g/mol. The molecule has 1 amide bonds. The molecule has 6 heteroatoms. The van der Waals surface area contributed by atoms with Crippen molar-refractivity contribution in [3.8, 4) is 10.6 Å². The number of anilines is 1. The van der Waals surface area contributed by atoms with Gasteiger partial charge in [0, 0.05) is 20.9 Å². The molecule has 0 spiro atoms. The van der Waals surface area contributed by atoms with Crippen LogP contribution >= 0.6 is 22.7 Å². The maximum absolute atomic E-state index is 12.6. The summed E-state index contributed by atoms with van der Waals surface area (Å²) < 4.78 is 5.60. The van der Waals surface area contributed by atoms with E-state index in [0.29, 0.717) is 6.61 Å². The molecule has 0 radical (unpaired) electrons. The van der Waals surface area contributed by atoms with E-state index in [-0.39, 0.29) is 5.91 Å². The van der Waals surface area contributed by atoms with Gasteiger partial charge in [-0.1, -0.05) is 6.08 Å². The second kappa shape index (κ2) is 6.43. The fraction of sp³-hybridized carbons (Fsp3) is 0.444. The Balaban J connectivity index is 1.75. The van der Waals surface area contributed by atoms with E-state index in [1.54, 1.807) is 22.7 Å². The van der Waals surface area contributed by atoms with E-state index in [2.05, 4.69) is 18.3 Å². The van der Waals surface area contributed by atoms with Gasteiger partial charge in [0.15, 0.2) is 0 Å². The molecular weight excluding hydrogens is 340 g/mol. The zero-order chi connectivity index (χ0) is 16.7. The standard InChI is InChI=1S/C18H20N2O2S2/c1-10-11(2)23-17(19-10)15-13-7-8-22-9-14(13)24-18(15)20-16(21)12-5-3-4-6-12/h5H,3-4,6-9H2,1-2H3,(H,20,21). The van der Waals surface area contributed by atoms with E-state index in [9.17, 15) is 4.79 Å². The van der Waals surface area contributed by atoms with Crippen molar-refractivity contribution in [3.63, 3.8) is 0 Å². The van der Waals surface area contributed by atoms with Crippen molar-refractivity contribution < 1.29 is 9.53 Å². The average Bonchev–Trinajstić information content (AvgIpc) is 3.27. The number of nitrogens with one attached hydrogen (secondary N) is 1. The number of rotatable bonds is 3. The lowest BCUT2D eigenvalue weighted by Gasteiger charge is -2.13. The third kappa shape index (κ3) is 2.83. The number of fused-ring (bicyclic) bond motifs is 1. The third-order valence-corrected chi connectivity index (χ3v) is 6.83. The van der Waals surface area contributed by atoms with Crippen molar-refractivity contribution >= 4 is 33.6 Å². The smallest absolute Gasteiger partial charge is 0.251 e. The predicted octanol–water partition coefficient (Wildman–Crippen LogP) is 4.61. The Bertz CT molecular complexity index is 813. The molecule has 2 aromatic heterocycles. The summed E-state index contributed by atoms with van der Waals surface area (Å²) in [4.78, 5) is 19.8. The lowest BCUT2D eigenvalue weighted by molar-refractivity contribution is -0.112. The molecule has 126 valence electrons. The van der Waals surface area contributed by atoms with Gasteiger partial charge in [-0.25, -0.2) is 4.98 Å². The van der Waals surface area contributed by atoms with Crippen LogP contribution in [0.4, 0.5) is 5.00 Å². The molecule has 24 heavy (non-hydrogen) atoms. The van der Waals surface area contributed by atoms with Gasteiger partial charge in [0.2, 0.25) is 0 Å². The second-order valence-corrected chi connectivity index (χ2v) is 8.56. The molecule has 0 saturated heterocycles. The van der Waals surface area contributed by atoms with E-state index in [1.165, 1.54) is 15.3 Å². The van der Waals surface area contributed by atoms with Crippen LogP contribution in [-0.2, 0) is 22.6 Å². The van der Waals surface area contributed by atoms with Crippen molar-refractivity contribution in [2.75, 3.05) is 11.9 Å². The number of thiazole rings is 1. The van der Waals surface area contributed by atoms with Crippen molar-refractivity contribution in [1.29, 1.82) is 0 Å². The van der Waals surface area contributed by atoms with Gasteiger partial charge >= 0.3 is 0 Å². The minimum absolute atomic E-state index is 0.0401. The van der Waals surface area contributed by atoms with Crippen LogP contribution in [0.25, 0.3) is 10.6 Å². The van der Waals surface area contributed by atoms with Gasteiger partial charge in [-0.2, -0.15) is 0 Å². The minimum atomic E-state index is 0.0401. The van der Waals surface area contributed by atoms with E-state index in [4.69, 9.17) is 9.72 Å². The highest BCUT2D eigenvalue weighted by Gasteiger charge is 2.26. The topological polar surface area (TPSA) is 51.2 Å². The molecule has 1 aliphatic carbocycles. The maximum atomic E-state index is 12.6. The largest absolute Gasteiger partial charge is 0.376 e. The van der Waals surface area contributed by atoms with Crippen LogP contribution in [0.15, 0.2) is 11.6 Å². The molecule has 0 aromatic carbocycles. The van der Waals surface area contributed by atoms with Gasteiger partial charge in [0.05, 0.1) is 18.9 Å². The summed E-state index contributed by atoms with van der Waals surface area (Å²) in [5.74, 6) is 0.0401. The predicted molar refractivity (Wildman–Crippen MR) is 98.8 cm³/mol. The molecule has 2 aliphatic rings. The Morgan fingerprint density at radius 3 is 2.88 bits per heavy atom. The summed E-state index contributed by atoms with van der Waals surface area (Å²) in [6, 6.07) is 0. The lowest BCUT2D eigenvalue weighted by Crippen LogP contribution is -2.13. The number of allylic oxidation sites excluding steroid dienone is 1. The van der Waals surface area contributed by atoms with Crippen molar-refractivity contribution in [1.82, 2.24) is 4.98 Å². The van der Waals surface area contributed by atoms with Crippen molar-refractivity contribution in [3.05, 3.63) is 32.7 Å². The van der Waals surface area contributed by atoms with E-state index < -0.39 is 0 Å². The zero-order valence-corrected chi connectivity index (χ0v) is 15.5. The number of ether oxygens (including phenoxy) is 1.